The molecule has 0 saturated carbocycles. The van der Waals surface area contributed by atoms with Crippen LogP contribution in [0.4, 0.5) is 0 Å². The Kier molecular flexibility index (Phi) is 3.25. The zero-order valence-electron chi connectivity index (χ0n) is 12.7. The number of imidazole rings is 1. The molecule has 2 aromatic heterocycles. The number of nitrogens with one attached hydrogen (secondary N) is 1. The predicted molar refractivity (Wildman–Crippen MR) is 85.1 cm³/mol. The van der Waals surface area contributed by atoms with E-state index >= 15 is 0 Å². The number of aromatic nitrogens is 4. The first-order chi connectivity index (χ1) is 10.7. The molecule has 0 aliphatic carbocycles. The van der Waals surface area contributed by atoms with Gasteiger partial charge in [-0.25, -0.2) is 18.2 Å². The Hall–Kier alpha value is -2.68. The van der Waals surface area contributed by atoms with Crippen LogP contribution in [-0.4, -0.2) is 33.8 Å². The summed E-state index contributed by atoms with van der Waals surface area (Å²) < 4.78 is 25.2. The minimum Gasteiger partial charge on any atom is -0.332 e. The van der Waals surface area contributed by atoms with E-state index in [1.54, 1.807) is 12.1 Å². The summed E-state index contributed by atoms with van der Waals surface area (Å²) in [5.74, 6) is 0.387. The van der Waals surface area contributed by atoms with Gasteiger partial charge in [0.05, 0.1) is 4.90 Å². The van der Waals surface area contributed by atoms with Crippen molar-refractivity contribution in [2.75, 3.05) is 6.26 Å². The first-order valence-electron chi connectivity index (χ1n) is 6.66. The Balaban J connectivity index is 2.22. The van der Waals surface area contributed by atoms with Crippen LogP contribution in [0.3, 0.4) is 0 Å². The monoisotopic (exact) mass is 334 g/mol. The zero-order valence-corrected chi connectivity index (χ0v) is 13.5. The molecule has 1 aromatic carbocycles. The van der Waals surface area contributed by atoms with Crippen LogP contribution in [-0.2, 0) is 23.9 Å². The van der Waals surface area contributed by atoms with Gasteiger partial charge in [0.2, 0.25) is 0 Å². The maximum atomic E-state index is 12.1. The summed E-state index contributed by atoms with van der Waals surface area (Å²) in [5, 5.41) is 0. The molecular formula is C14H14N4O4S. The van der Waals surface area contributed by atoms with Gasteiger partial charge < -0.3 is 4.98 Å². The quantitative estimate of drug-likeness (QED) is 0.711. The molecule has 3 aromatic rings. The molecule has 3 rings (SSSR count). The second-order valence-corrected chi connectivity index (χ2v) is 7.30. The Morgan fingerprint density at radius 1 is 1.04 bits per heavy atom. The second-order valence-electron chi connectivity index (χ2n) is 5.29. The van der Waals surface area contributed by atoms with Crippen molar-refractivity contribution < 1.29 is 8.42 Å². The first kappa shape index (κ1) is 15.2. The third kappa shape index (κ3) is 2.38. The molecule has 0 aliphatic rings. The van der Waals surface area contributed by atoms with Gasteiger partial charge in [0, 0.05) is 25.9 Å². The van der Waals surface area contributed by atoms with E-state index in [-0.39, 0.29) is 16.1 Å². The molecule has 0 saturated heterocycles. The molecule has 0 aliphatic heterocycles. The van der Waals surface area contributed by atoms with E-state index in [9.17, 15) is 18.0 Å². The van der Waals surface area contributed by atoms with Crippen LogP contribution in [0.15, 0.2) is 38.8 Å². The van der Waals surface area contributed by atoms with Gasteiger partial charge in [-0.05, 0) is 24.3 Å². The van der Waals surface area contributed by atoms with Crippen LogP contribution in [0.25, 0.3) is 22.6 Å². The van der Waals surface area contributed by atoms with Crippen molar-refractivity contribution in [2.24, 2.45) is 14.1 Å². The van der Waals surface area contributed by atoms with E-state index in [1.807, 2.05) is 0 Å². The summed E-state index contributed by atoms with van der Waals surface area (Å²) in [6, 6.07) is 6.12. The second kappa shape index (κ2) is 4.92. The number of rotatable bonds is 2. The number of H-pyrrole nitrogens is 1. The molecule has 9 heteroatoms. The van der Waals surface area contributed by atoms with Crippen molar-refractivity contribution in [3.63, 3.8) is 0 Å². The van der Waals surface area contributed by atoms with Gasteiger partial charge in [-0.15, -0.1) is 0 Å². The number of nitrogens with zero attached hydrogens (tertiary/aromatic N) is 3. The highest BCUT2D eigenvalue weighted by Gasteiger charge is 2.15. The fraction of sp³-hybridized carbons (Fsp3) is 0.214. The molecule has 23 heavy (non-hydrogen) atoms. The normalized spacial score (nSPS) is 12.0. The summed E-state index contributed by atoms with van der Waals surface area (Å²) in [7, 11) is -0.357. The lowest BCUT2D eigenvalue weighted by atomic mass is 10.2. The number of hydrogen-bond acceptors (Lipinski definition) is 5. The smallest absolute Gasteiger partial charge is 0.332 e. The summed E-state index contributed by atoms with van der Waals surface area (Å²) in [6.45, 7) is 0. The van der Waals surface area contributed by atoms with Gasteiger partial charge in [-0.3, -0.25) is 13.9 Å². The number of sulfone groups is 1. The molecule has 0 fully saturated rings. The first-order valence-corrected chi connectivity index (χ1v) is 8.55. The molecule has 0 atom stereocenters. The van der Waals surface area contributed by atoms with Crippen LogP contribution < -0.4 is 11.2 Å². The summed E-state index contributed by atoms with van der Waals surface area (Å²) in [6.07, 6.45) is 1.13. The summed E-state index contributed by atoms with van der Waals surface area (Å²) in [4.78, 5) is 31.4. The molecule has 8 nitrogen and oxygen atoms in total. The lowest BCUT2D eigenvalue weighted by Gasteiger charge is -2.00. The number of hydrogen-bond donors (Lipinski definition) is 1. The Morgan fingerprint density at radius 2 is 1.65 bits per heavy atom. The van der Waals surface area contributed by atoms with E-state index in [2.05, 4.69) is 9.97 Å². The average Bonchev–Trinajstić information content (AvgIpc) is 2.95. The molecule has 0 unspecified atom stereocenters. The van der Waals surface area contributed by atoms with Crippen LogP contribution in [0, 0.1) is 0 Å². The minimum atomic E-state index is -3.28. The van der Waals surface area contributed by atoms with Gasteiger partial charge >= 0.3 is 5.69 Å². The number of aromatic amines is 1. The zero-order chi connectivity index (χ0) is 16.9. The van der Waals surface area contributed by atoms with E-state index in [1.165, 1.54) is 30.8 Å². The Labute approximate surface area is 131 Å². The predicted octanol–water partition coefficient (Wildman–Crippen LogP) is 0.0308. The van der Waals surface area contributed by atoms with Crippen LogP contribution in [0.2, 0.25) is 0 Å². The molecule has 0 spiro atoms. The van der Waals surface area contributed by atoms with Crippen molar-refractivity contribution in [1.29, 1.82) is 0 Å². The van der Waals surface area contributed by atoms with Crippen LogP contribution >= 0.6 is 0 Å². The average molecular weight is 334 g/mol. The molecule has 1 N–H and O–H groups in total. The van der Waals surface area contributed by atoms with Crippen molar-refractivity contribution in [1.82, 2.24) is 19.1 Å². The minimum absolute atomic E-state index is 0.195. The number of aryl methyl sites for hydroxylation is 1. The van der Waals surface area contributed by atoms with Crippen LogP contribution in [0.1, 0.15) is 0 Å². The van der Waals surface area contributed by atoms with Gasteiger partial charge in [-0.2, -0.15) is 0 Å². The molecule has 2 heterocycles. The highest BCUT2D eigenvalue weighted by molar-refractivity contribution is 7.90. The van der Waals surface area contributed by atoms with Gasteiger partial charge in [0.1, 0.15) is 11.3 Å². The molecule has 0 radical (unpaired) electrons. The highest BCUT2D eigenvalue weighted by Crippen LogP contribution is 2.20. The maximum Gasteiger partial charge on any atom is 0.332 e. The number of fused-ring (bicyclic) bond motifs is 1. The van der Waals surface area contributed by atoms with E-state index < -0.39 is 21.1 Å². The third-order valence-electron chi connectivity index (χ3n) is 3.65. The maximum absolute atomic E-state index is 12.1. The lowest BCUT2D eigenvalue weighted by Crippen LogP contribution is -2.36. The summed E-state index contributed by atoms with van der Waals surface area (Å²) >= 11 is 0. The molecule has 120 valence electrons. The molecule has 0 bridgehead atoms. The SMILES string of the molecule is Cn1c(=O)c2[nH]c(-c3ccc(S(C)(=O)=O)cc3)nc2n(C)c1=O. The fourth-order valence-corrected chi connectivity index (χ4v) is 2.95. The largest absolute Gasteiger partial charge is 0.332 e. The van der Waals surface area contributed by atoms with E-state index in [0.717, 1.165) is 10.8 Å². The van der Waals surface area contributed by atoms with Gasteiger partial charge in [0.25, 0.3) is 5.56 Å². The highest BCUT2D eigenvalue weighted by atomic mass is 32.2. The molecule has 0 amide bonds. The summed E-state index contributed by atoms with van der Waals surface area (Å²) in [5.41, 5.74) is 0.155. The Bertz CT molecular complexity index is 1130. The van der Waals surface area contributed by atoms with E-state index in [0.29, 0.717) is 11.4 Å². The molecular weight excluding hydrogens is 320 g/mol. The lowest BCUT2D eigenvalue weighted by molar-refractivity contribution is 0.602. The fourth-order valence-electron chi connectivity index (χ4n) is 2.32. The number of benzene rings is 1. The van der Waals surface area contributed by atoms with Crippen molar-refractivity contribution in [3.05, 3.63) is 45.1 Å². The Morgan fingerprint density at radius 3 is 2.22 bits per heavy atom. The van der Waals surface area contributed by atoms with Crippen LogP contribution in [0.5, 0.6) is 0 Å². The van der Waals surface area contributed by atoms with Gasteiger partial charge in [0.15, 0.2) is 15.5 Å². The van der Waals surface area contributed by atoms with Gasteiger partial charge in [-0.1, -0.05) is 0 Å². The topological polar surface area (TPSA) is 107 Å². The standard InChI is InChI=1S/C14H14N4O4S/c1-17-12-10(13(19)18(2)14(17)20)15-11(16-12)8-4-6-9(7-5-8)23(3,21)22/h4-7H,1-3H3,(H,15,16). The van der Waals surface area contributed by atoms with Crippen molar-refractivity contribution in [3.8, 4) is 11.4 Å². The van der Waals surface area contributed by atoms with E-state index in [4.69, 9.17) is 0 Å². The third-order valence-corrected chi connectivity index (χ3v) is 4.78. The van der Waals surface area contributed by atoms with Crippen molar-refractivity contribution >= 4 is 21.0 Å². The van der Waals surface area contributed by atoms with Crippen molar-refractivity contribution in [2.45, 2.75) is 4.90 Å².